The normalized spacial score (nSPS) is 11.3. The summed E-state index contributed by atoms with van der Waals surface area (Å²) in [7, 11) is 1.91. The Kier molecular flexibility index (Phi) is 7.47. The lowest BCUT2D eigenvalue weighted by Crippen LogP contribution is -2.28. The van der Waals surface area contributed by atoms with Gasteiger partial charge in [-0.1, -0.05) is 27.7 Å². The number of rotatable bonds is 9. The molecule has 0 radical (unpaired) electrons. The van der Waals surface area contributed by atoms with Crippen LogP contribution in [0, 0.1) is 0 Å². The largest absolute Gasteiger partial charge is 0.489 e. The zero-order chi connectivity index (χ0) is 15.0. The van der Waals surface area contributed by atoms with Gasteiger partial charge in [0.2, 0.25) is 0 Å². The summed E-state index contributed by atoms with van der Waals surface area (Å²) in [5.41, 5.74) is 0.936. The summed E-state index contributed by atoms with van der Waals surface area (Å²) in [6.07, 6.45) is 1.80. The van der Waals surface area contributed by atoms with Gasteiger partial charge < -0.3 is 15.0 Å². The van der Waals surface area contributed by atoms with Crippen molar-refractivity contribution in [1.82, 2.24) is 20.2 Å². The van der Waals surface area contributed by atoms with E-state index in [2.05, 4.69) is 47.9 Å². The van der Waals surface area contributed by atoms with E-state index in [1.807, 2.05) is 7.05 Å². The predicted molar refractivity (Wildman–Crippen MR) is 82.2 cm³/mol. The first-order valence-corrected chi connectivity index (χ1v) is 7.47. The number of nitrogens with zero attached hydrogens (tertiary/aromatic N) is 3. The van der Waals surface area contributed by atoms with E-state index in [4.69, 9.17) is 4.74 Å². The maximum absolute atomic E-state index is 5.85. The van der Waals surface area contributed by atoms with Crippen molar-refractivity contribution >= 4 is 0 Å². The molecule has 5 heteroatoms. The summed E-state index contributed by atoms with van der Waals surface area (Å²) in [6.45, 7) is 12.9. The number of aromatic nitrogens is 2. The molecule has 0 saturated heterocycles. The van der Waals surface area contributed by atoms with Gasteiger partial charge in [-0.05, 0) is 20.1 Å². The summed E-state index contributed by atoms with van der Waals surface area (Å²) in [6, 6.07) is 0. The highest BCUT2D eigenvalue weighted by Gasteiger charge is 2.10. The zero-order valence-corrected chi connectivity index (χ0v) is 13.4. The summed E-state index contributed by atoms with van der Waals surface area (Å²) < 4.78 is 5.85. The first-order valence-electron chi connectivity index (χ1n) is 7.47. The second-order valence-corrected chi connectivity index (χ2v) is 5.10. The third-order valence-electron chi connectivity index (χ3n) is 3.27. The molecule has 1 rings (SSSR count). The molecule has 20 heavy (non-hydrogen) atoms. The molecule has 0 aliphatic rings. The third-order valence-corrected chi connectivity index (χ3v) is 3.27. The lowest BCUT2D eigenvalue weighted by Gasteiger charge is -2.19. The van der Waals surface area contributed by atoms with E-state index in [9.17, 15) is 0 Å². The van der Waals surface area contributed by atoms with Gasteiger partial charge in [0.15, 0.2) is 5.75 Å². The molecule has 1 heterocycles. The van der Waals surface area contributed by atoms with Crippen LogP contribution in [0.5, 0.6) is 5.75 Å². The van der Waals surface area contributed by atoms with Crippen molar-refractivity contribution in [3.63, 3.8) is 0 Å². The fourth-order valence-electron chi connectivity index (χ4n) is 1.94. The maximum atomic E-state index is 5.85. The molecule has 0 fully saturated rings. The van der Waals surface area contributed by atoms with Crippen LogP contribution in [0.1, 0.15) is 45.1 Å². The van der Waals surface area contributed by atoms with Gasteiger partial charge in [-0.2, -0.15) is 0 Å². The molecule has 0 unspecified atom stereocenters. The maximum Gasteiger partial charge on any atom is 0.160 e. The van der Waals surface area contributed by atoms with Crippen LogP contribution in [0.2, 0.25) is 0 Å². The standard InChI is InChI=1S/C15H28N4O/c1-6-19(7-2)8-9-20-14-11-17-15(12(3)4)18-13(14)10-16-5/h11-12,16H,6-10H2,1-5H3. The van der Waals surface area contributed by atoms with Gasteiger partial charge in [0.25, 0.3) is 0 Å². The predicted octanol–water partition coefficient (Wildman–Crippen LogP) is 2.04. The van der Waals surface area contributed by atoms with E-state index >= 15 is 0 Å². The van der Waals surface area contributed by atoms with E-state index < -0.39 is 0 Å². The molecule has 1 N–H and O–H groups in total. The van der Waals surface area contributed by atoms with Gasteiger partial charge in [-0.15, -0.1) is 0 Å². The van der Waals surface area contributed by atoms with Crippen LogP contribution < -0.4 is 10.1 Å². The van der Waals surface area contributed by atoms with Crippen LogP contribution in [0.25, 0.3) is 0 Å². The number of hydrogen-bond acceptors (Lipinski definition) is 5. The molecule has 0 spiro atoms. The average Bonchev–Trinajstić information content (AvgIpc) is 2.45. The number of nitrogens with one attached hydrogen (secondary N) is 1. The second kappa shape index (κ2) is 8.87. The minimum absolute atomic E-state index is 0.329. The minimum Gasteiger partial charge on any atom is -0.489 e. The average molecular weight is 280 g/mol. The Morgan fingerprint density at radius 3 is 2.55 bits per heavy atom. The van der Waals surface area contributed by atoms with E-state index in [1.165, 1.54) is 0 Å². The highest BCUT2D eigenvalue weighted by molar-refractivity contribution is 5.25. The first-order chi connectivity index (χ1) is 9.62. The van der Waals surface area contributed by atoms with Crippen molar-refractivity contribution in [2.24, 2.45) is 0 Å². The van der Waals surface area contributed by atoms with Crippen LogP contribution in [-0.4, -0.2) is 48.2 Å². The van der Waals surface area contributed by atoms with E-state index in [1.54, 1.807) is 6.20 Å². The molecule has 0 aliphatic carbocycles. The summed E-state index contributed by atoms with van der Waals surface area (Å²) in [4.78, 5) is 11.3. The molecule has 114 valence electrons. The van der Waals surface area contributed by atoms with Crippen molar-refractivity contribution in [3.8, 4) is 5.75 Å². The molecule has 0 amide bonds. The van der Waals surface area contributed by atoms with Crippen molar-refractivity contribution in [2.75, 3.05) is 33.3 Å². The van der Waals surface area contributed by atoms with Crippen molar-refractivity contribution in [1.29, 1.82) is 0 Å². The minimum atomic E-state index is 0.329. The van der Waals surface area contributed by atoms with Crippen molar-refractivity contribution in [2.45, 2.75) is 40.2 Å². The monoisotopic (exact) mass is 280 g/mol. The smallest absolute Gasteiger partial charge is 0.160 e. The molecule has 0 aromatic carbocycles. The van der Waals surface area contributed by atoms with Gasteiger partial charge in [0, 0.05) is 19.0 Å². The third kappa shape index (κ3) is 5.06. The van der Waals surface area contributed by atoms with E-state index in [-0.39, 0.29) is 0 Å². The van der Waals surface area contributed by atoms with Crippen LogP contribution in [0.4, 0.5) is 0 Å². The molecular weight excluding hydrogens is 252 g/mol. The number of ether oxygens (including phenoxy) is 1. The van der Waals surface area contributed by atoms with Crippen LogP contribution >= 0.6 is 0 Å². The topological polar surface area (TPSA) is 50.3 Å². The number of likely N-dealkylation sites (N-methyl/N-ethyl adjacent to an activating group) is 1. The van der Waals surface area contributed by atoms with Crippen LogP contribution in [0.3, 0.4) is 0 Å². The molecule has 0 saturated carbocycles. The molecule has 1 aromatic rings. The van der Waals surface area contributed by atoms with Gasteiger partial charge in [-0.25, -0.2) is 9.97 Å². The summed E-state index contributed by atoms with van der Waals surface area (Å²) in [5.74, 6) is 1.98. The van der Waals surface area contributed by atoms with Crippen molar-refractivity contribution < 1.29 is 4.74 Å². The fourth-order valence-corrected chi connectivity index (χ4v) is 1.94. The quantitative estimate of drug-likeness (QED) is 0.750. The Labute approximate surface area is 122 Å². The first kappa shape index (κ1) is 16.9. The molecule has 0 bridgehead atoms. The Bertz CT molecular complexity index is 391. The Balaban J connectivity index is 2.68. The molecule has 1 aromatic heterocycles. The highest BCUT2D eigenvalue weighted by atomic mass is 16.5. The summed E-state index contributed by atoms with van der Waals surface area (Å²) >= 11 is 0. The lowest BCUT2D eigenvalue weighted by atomic mass is 10.2. The Morgan fingerprint density at radius 2 is 2.00 bits per heavy atom. The Morgan fingerprint density at radius 1 is 1.30 bits per heavy atom. The van der Waals surface area contributed by atoms with E-state index in [0.717, 1.165) is 36.9 Å². The van der Waals surface area contributed by atoms with E-state index in [0.29, 0.717) is 19.1 Å². The lowest BCUT2D eigenvalue weighted by molar-refractivity contribution is 0.220. The van der Waals surface area contributed by atoms with Crippen LogP contribution in [-0.2, 0) is 6.54 Å². The van der Waals surface area contributed by atoms with Crippen molar-refractivity contribution in [3.05, 3.63) is 17.7 Å². The van der Waals surface area contributed by atoms with Crippen LogP contribution in [0.15, 0.2) is 6.20 Å². The number of hydrogen-bond donors (Lipinski definition) is 1. The zero-order valence-electron chi connectivity index (χ0n) is 13.4. The van der Waals surface area contributed by atoms with Gasteiger partial charge in [-0.3, -0.25) is 0 Å². The van der Waals surface area contributed by atoms with Gasteiger partial charge in [0.1, 0.15) is 12.4 Å². The molecular formula is C15H28N4O. The fraction of sp³-hybridized carbons (Fsp3) is 0.733. The molecule has 0 atom stereocenters. The molecule has 0 aliphatic heterocycles. The van der Waals surface area contributed by atoms with Gasteiger partial charge >= 0.3 is 0 Å². The van der Waals surface area contributed by atoms with Gasteiger partial charge in [0.05, 0.1) is 11.9 Å². The second-order valence-electron chi connectivity index (χ2n) is 5.10. The SMILES string of the molecule is CCN(CC)CCOc1cnc(C(C)C)nc1CNC. The summed E-state index contributed by atoms with van der Waals surface area (Å²) in [5, 5.41) is 3.13. The Hall–Kier alpha value is -1.20. The highest BCUT2D eigenvalue weighted by Crippen LogP contribution is 2.18. The molecule has 5 nitrogen and oxygen atoms in total.